The van der Waals surface area contributed by atoms with E-state index in [1.54, 1.807) is 36.5 Å². The van der Waals surface area contributed by atoms with Crippen molar-refractivity contribution in [2.45, 2.75) is 5.03 Å². The van der Waals surface area contributed by atoms with E-state index in [1.165, 1.54) is 11.8 Å². The molecule has 128 valence electrons. The maximum absolute atomic E-state index is 12.0. The van der Waals surface area contributed by atoms with E-state index < -0.39 is 10.0 Å². The number of hydrogen-bond acceptors (Lipinski definition) is 5. The van der Waals surface area contributed by atoms with Gasteiger partial charge in [0, 0.05) is 18.5 Å². The quantitative estimate of drug-likeness (QED) is 0.570. The van der Waals surface area contributed by atoms with E-state index in [0.717, 1.165) is 15.6 Å². The van der Waals surface area contributed by atoms with Crippen LogP contribution in [0.5, 0.6) is 0 Å². The summed E-state index contributed by atoms with van der Waals surface area (Å²) in [5.41, 5.74) is 0.470. The average Bonchev–Trinajstić information content (AvgIpc) is 2.57. The maximum atomic E-state index is 12.0. The highest BCUT2D eigenvalue weighted by molar-refractivity contribution is 7.99. The van der Waals surface area contributed by atoms with Gasteiger partial charge < -0.3 is 5.32 Å². The molecule has 1 N–H and O–H groups in total. The van der Waals surface area contributed by atoms with Gasteiger partial charge in [-0.3, -0.25) is 9.10 Å². The Morgan fingerprint density at radius 2 is 1.88 bits per heavy atom. The zero-order valence-electron chi connectivity index (χ0n) is 13.3. The van der Waals surface area contributed by atoms with Gasteiger partial charge in [0.15, 0.2) is 0 Å². The summed E-state index contributed by atoms with van der Waals surface area (Å²) in [5, 5.41) is 3.61. The molecule has 0 spiro atoms. The number of anilines is 1. The van der Waals surface area contributed by atoms with Crippen LogP contribution in [0.25, 0.3) is 0 Å². The van der Waals surface area contributed by atoms with Crippen LogP contribution in [0, 0.1) is 0 Å². The molecular weight excluding hydrogens is 346 g/mol. The van der Waals surface area contributed by atoms with Crippen LogP contribution in [0.2, 0.25) is 0 Å². The second-order valence-electron chi connectivity index (χ2n) is 4.97. The van der Waals surface area contributed by atoms with Crippen molar-refractivity contribution >= 4 is 33.4 Å². The first-order valence-corrected chi connectivity index (χ1v) is 10.1. The number of amides is 1. The van der Waals surface area contributed by atoms with Gasteiger partial charge in [-0.15, -0.1) is 11.8 Å². The van der Waals surface area contributed by atoms with Crippen molar-refractivity contribution < 1.29 is 13.2 Å². The van der Waals surface area contributed by atoms with Crippen molar-refractivity contribution in [3.05, 3.63) is 54.7 Å². The van der Waals surface area contributed by atoms with Crippen LogP contribution in [0.15, 0.2) is 59.8 Å². The molecule has 0 unspecified atom stereocenters. The molecule has 8 heteroatoms. The summed E-state index contributed by atoms with van der Waals surface area (Å²) in [6.07, 6.45) is 2.80. The number of benzene rings is 1. The van der Waals surface area contributed by atoms with Gasteiger partial charge in [-0.25, -0.2) is 13.4 Å². The minimum absolute atomic E-state index is 0.239. The fourth-order valence-corrected chi connectivity index (χ4v) is 3.54. The monoisotopic (exact) mass is 365 g/mol. The third-order valence-corrected chi connectivity index (χ3v) is 5.13. The van der Waals surface area contributed by atoms with Crippen molar-refractivity contribution in [1.29, 1.82) is 0 Å². The van der Waals surface area contributed by atoms with Gasteiger partial charge in [0.25, 0.3) is 0 Å². The molecule has 0 aliphatic heterocycles. The molecule has 0 aliphatic rings. The van der Waals surface area contributed by atoms with E-state index in [2.05, 4.69) is 10.3 Å². The van der Waals surface area contributed by atoms with Crippen molar-refractivity contribution in [3.63, 3.8) is 0 Å². The van der Waals surface area contributed by atoms with Gasteiger partial charge in [-0.2, -0.15) is 0 Å². The van der Waals surface area contributed by atoms with Gasteiger partial charge >= 0.3 is 0 Å². The van der Waals surface area contributed by atoms with Crippen LogP contribution in [0.4, 0.5) is 5.69 Å². The third-order valence-electron chi connectivity index (χ3n) is 3.04. The molecule has 0 saturated heterocycles. The second-order valence-corrected chi connectivity index (χ2v) is 7.99. The average molecular weight is 365 g/mol. The van der Waals surface area contributed by atoms with Crippen LogP contribution in [0.1, 0.15) is 0 Å². The van der Waals surface area contributed by atoms with Crippen LogP contribution >= 0.6 is 11.8 Å². The number of aromatic nitrogens is 1. The second kappa shape index (κ2) is 8.70. The molecule has 0 fully saturated rings. The highest BCUT2D eigenvalue weighted by Gasteiger charge is 2.20. The highest BCUT2D eigenvalue weighted by Crippen LogP contribution is 2.16. The number of nitrogens with zero attached hydrogens (tertiary/aromatic N) is 2. The van der Waals surface area contributed by atoms with Gasteiger partial charge in [-0.1, -0.05) is 24.3 Å². The molecule has 0 atom stereocenters. The van der Waals surface area contributed by atoms with Crippen LogP contribution < -0.4 is 9.62 Å². The summed E-state index contributed by atoms with van der Waals surface area (Å²) in [7, 11) is -3.53. The largest absolute Gasteiger partial charge is 0.354 e. The fraction of sp³-hybridized carbons (Fsp3) is 0.250. The van der Waals surface area contributed by atoms with Crippen molar-refractivity contribution in [1.82, 2.24) is 10.3 Å². The molecule has 24 heavy (non-hydrogen) atoms. The SMILES string of the molecule is CS(=O)(=O)N(CC(=O)NCCSc1ccccn1)c1ccccc1. The number of rotatable bonds is 8. The molecule has 1 heterocycles. The first-order valence-electron chi connectivity index (χ1n) is 7.30. The molecule has 1 amide bonds. The van der Waals surface area contributed by atoms with E-state index in [0.29, 0.717) is 18.0 Å². The summed E-state index contributed by atoms with van der Waals surface area (Å²) < 4.78 is 24.9. The number of thioether (sulfide) groups is 1. The Kier molecular flexibility index (Phi) is 6.62. The molecule has 0 saturated carbocycles. The van der Waals surface area contributed by atoms with Crippen molar-refractivity contribution in [2.24, 2.45) is 0 Å². The zero-order chi connectivity index (χ0) is 17.4. The molecule has 0 aliphatic carbocycles. The normalized spacial score (nSPS) is 11.0. The number of carbonyl (C=O) groups is 1. The summed E-state index contributed by atoms with van der Waals surface area (Å²) in [4.78, 5) is 16.2. The van der Waals surface area contributed by atoms with Crippen LogP contribution in [-0.2, 0) is 14.8 Å². The number of sulfonamides is 1. The van der Waals surface area contributed by atoms with Gasteiger partial charge in [0.05, 0.1) is 17.0 Å². The predicted molar refractivity (Wildman–Crippen MR) is 96.6 cm³/mol. The Bertz CT molecular complexity index is 753. The van der Waals surface area contributed by atoms with Gasteiger partial charge in [0.1, 0.15) is 6.54 Å². The molecule has 0 bridgehead atoms. The first kappa shape index (κ1) is 18.3. The number of pyridine rings is 1. The molecule has 1 aromatic carbocycles. The fourth-order valence-electron chi connectivity index (χ4n) is 1.96. The van der Waals surface area contributed by atoms with E-state index in [4.69, 9.17) is 0 Å². The minimum Gasteiger partial charge on any atom is -0.354 e. The Balaban J connectivity index is 1.85. The molecule has 2 aromatic rings. The summed E-state index contributed by atoms with van der Waals surface area (Å²) in [6, 6.07) is 14.2. The van der Waals surface area contributed by atoms with E-state index in [-0.39, 0.29) is 12.5 Å². The number of hydrogen-bond donors (Lipinski definition) is 1. The van der Waals surface area contributed by atoms with E-state index in [9.17, 15) is 13.2 Å². The lowest BCUT2D eigenvalue weighted by molar-refractivity contribution is -0.119. The molecule has 0 radical (unpaired) electrons. The maximum Gasteiger partial charge on any atom is 0.240 e. The lowest BCUT2D eigenvalue weighted by atomic mass is 10.3. The Labute approximate surface area is 146 Å². The summed E-state index contributed by atoms with van der Waals surface area (Å²) in [6.45, 7) is 0.198. The standard InChI is InChI=1S/C16H19N3O3S2/c1-24(21,22)19(14-7-3-2-4-8-14)13-15(20)17-11-12-23-16-9-5-6-10-18-16/h2-10H,11-13H2,1H3,(H,17,20). The summed E-state index contributed by atoms with van der Waals surface area (Å²) in [5.74, 6) is 0.318. The van der Waals surface area contributed by atoms with Gasteiger partial charge in [-0.05, 0) is 24.3 Å². The predicted octanol–water partition coefficient (Wildman–Crippen LogP) is 1.76. The number of nitrogens with one attached hydrogen (secondary N) is 1. The zero-order valence-corrected chi connectivity index (χ0v) is 14.9. The van der Waals surface area contributed by atoms with Gasteiger partial charge in [0.2, 0.25) is 15.9 Å². The summed E-state index contributed by atoms with van der Waals surface area (Å²) >= 11 is 1.53. The Hall–Kier alpha value is -2.06. The van der Waals surface area contributed by atoms with Crippen molar-refractivity contribution in [3.8, 4) is 0 Å². The molecule has 6 nitrogen and oxygen atoms in total. The minimum atomic E-state index is -3.53. The molecular formula is C16H19N3O3S2. The number of carbonyl (C=O) groups excluding carboxylic acids is 1. The Morgan fingerprint density at radius 3 is 2.50 bits per heavy atom. The highest BCUT2D eigenvalue weighted by atomic mass is 32.2. The van der Waals surface area contributed by atoms with Crippen LogP contribution in [-0.4, -0.2) is 44.4 Å². The number of para-hydroxylation sites is 1. The topological polar surface area (TPSA) is 79.4 Å². The molecule has 2 rings (SSSR count). The van der Waals surface area contributed by atoms with Crippen LogP contribution in [0.3, 0.4) is 0 Å². The lowest BCUT2D eigenvalue weighted by Crippen LogP contribution is -2.41. The molecule has 1 aromatic heterocycles. The Morgan fingerprint density at radius 1 is 1.17 bits per heavy atom. The lowest BCUT2D eigenvalue weighted by Gasteiger charge is -2.21. The third kappa shape index (κ3) is 5.86. The van der Waals surface area contributed by atoms with E-state index in [1.807, 2.05) is 18.2 Å². The smallest absolute Gasteiger partial charge is 0.240 e. The van der Waals surface area contributed by atoms with Crippen molar-refractivity contribution in [2.75, 3.05) is 29.4 Å². The first-order chi connectivity index (χ1) is 11.5. The van der Waals surface area contributed by atoms with E-state index >= 15 is 0 Å².